The predicted molar refractivity (Wildman–Crippen MR) is 63.7 cm³/mol. The van der Waals surface area contributed by atoms with Crippen molar-refractivity contribution in [2.75, 3.05) is 19.6 Å². The second-order valence-corrected chi connectivity index (χ2v) is 5.00. The van der Waals surface area contributed by atoms with Crippen molar-refractivity contribution in [2.45, 2.75) is 50.6 Å². The van der Waals surface area contributed by atoms with Gasteiger partial charge in [-0.1, -0.05) is 25.2 Å². The van der Waals surface area contributed by atoms with Gasteiger partial charge in [0, 0.05) is 25.2 Å². The molecular formula is C13H22N2. The fourth-order valence-corrected chi connectivity index (χ4v) is 3.23. The molecule has 1 aliphatic carbocycles. The monoisotopic (exact) mass is 206 g/mol. The number of terminal acetylenes is 1. The van der Waals surface area contributed by atoms with Crippen LogP contribution in [0.4, 0.5) is 0 Å². The zero-order chi connectivity index (χ0) is 10.7. The molecule has 1 saturated carbocycles. The van der Waals surface area contributed by atoms with Gasteiger partial charge in [0.15, 0.2) is 0 Å². The molecule has 1 unspecified atom stereocenters. The molecule has 2 nitrogen and oxygen atoms in total. The summed E-state index contributed by atoms with van der Waals surface area (Å²) in [4.78, 5) is 2.57. The summed E-state index contributed by atoms with van der Waals surface area (Å²) in [7, 11) is 0. The van der Waals surface area contributed by atoms with Gasteiger partial charge in [0.1, 0.15) is 0 Å². The van der Waals surface area contributed by atoms with Crippen molar-refractivity contribution in [2.24, 2.45) is 0 Å². The molecule has 2 heteroatoms. The molecule has 1 N–H and O–H groups in total. The number of piperazine rings is 1. The molecule has 0 aromatic rings. The molecule has 2 rings (SSSR count). The molecule has 0 aromatic carbocycles. The number of nitrogens with one attached hydrogen (secondary N) is 1. The van der Waals surface area contributed by atoms with Crippen molar-refractivity contribution in [3.63, 3.8) is 0 Å². The van der Waals surface area contributed by atoms with E-state index in [1.54, 1.807) is 0 Å². The molecule has 1 aliphatic heterocycles. The lowest BCUT2D eigenvalue weighted by atomic mass is 9.78. The quantitative estimate of drug-likeness (QED) is 0.656. The maximum atomic E-state index is 5.58. The van der Waals surface area contributed by atoms with Gasteiger partial charge in [-0.3, -0.25) is 4.90 Å². The van der Waals surface area contributed by atoms with Crippen molar-refractivity contribution in [1.29, 1.82) is 0 Å². The molecule has 15 heavy (non-hydrogen) atoms. The molecule has 0 amide bonds. The fourth-order valence-electron chi connectivity index (χ4n) is 3.23. The summed E-state index contributed by atoms with van der Waals surface area (Å²) in [5.41, 5.74) is 0.377. The maximum Gasteiger partial charge on any atom is 0.0688 e. The summed E-state index contributed by atoms with van der Waals surface area (Å²) in [6.07, 6.45) is 12.4. The molecular weight excluding hydrogens is 184 g/mol. The van der Waals surface area contributed by atoms with Crippen molar-refractivity contribution >= 4 is 0 Å². The van der Waals surface area contributed by atoms with Crippen LogP contribution in [0, 0.1) is 12.3 Å². The van der Waals surface area contributed by atoms with E-state index in [9.17, 15) is 0 Å². The van der Waals surface area contributed by atoms with E-state index in [1.807, 2.05) is 0 Å². The number of hydrogen-bond acceptors (Lipinski definition) is 2. The Bertz CT molecular complexity index is 239. The predicted octanol–water partition coefficient (Wildman–Crippen LogP) is 1.62. The molecule has 0 radical (unpaired) electrons. The van der Waals surface area contributed by atoms with Gasteiger partial charge in [-0.25, -0.2) is 0 Å². The van der Waals surface area contributed by atoms with E-state index >= 15 is 0 Å². The first-order chi connectivity index (χ1) is 7.28. The minimum absolute atomic E-state index is 0.296. The molecule has 0 aromatic heterocycles. The zero-order valence-electron chi connectivity index (χ0n) is 9.76. The molecule has 0 bridgehead atoms. The average Bonchev–Trinajstić information content (AvgIpc) is 2.30. The minimum Gasteiger partial charge on any atom is -0.314 e. The Morgan fingerprint density at radius 3 is 2.73 bits per heavy atom. The summed E-state index contributed by atoms with van der Waals surface area (Å²) in [6, 6.07) is 0.296. The second kappa shape index (κ2) is 4.55. The van der Waals surface area contributed by atoms with E-state index in [0.717, 1.165) is 19.6 Å². The molecule has 1 saturated heterocycles. The van der Waals surface area contributed by atoms with Gasteiger partial charge in [-0.15, -0.1) is 6.42 Å². The minimum atomic E-state index is 0.296. The van der Waals surface area contributed by atoms with Crippen LogP contribution in [0.1, 0.15) is 39.0 Å². The van der Waals surface area contributed by atoms with Crippen molar-refractivity contribution in [3.05, 3.63) is 0 Å². The van der Waals surface area contributed by atoms with Crippen LogP contribution in [0.5, 0.6) is 0 Å². The van der Waals surface area contributed by atoms with Crippen LogP contribution < -0.4 is 5.32 Å². The number of rotatable bonds is 1. The molecule has 2 fully saturated rings. The highest BCUT2D eigenvalue weighted by atomic mass is 15.3. The highest BCUT2D eigenvalue weighted by Gasteiger charge is 2.41. The largest absolute Gasteiger partial charge is 0.314 e. The molecule has 1 heterocycles. The van der Waals surface area contributed by atoms with E-state index in [2.05, 4.69) is 23.1 Å². The number of nitrogens with zero attached hydrogens (tertiary/aromatic N) is 1. The third-order valence-corrected chi connectivity index (χ3v) is 4.09. The third-order valence-electron chi connectivity index (χ3n) is 4.09. The van der Waals surface area contributed by atoms with Gasteiger partial charge in [0.25, 0.3) is 0 Å². The van der Waals surface area contributed by atoms with Crippen LogP contribution in [0.2, 0.25) is 0 Å². The van der Waals surface area contributed by atoms with Crippen LogP contribution >= 0.6 is 0 Å². The first-order valence-corrected chi connectivity index (χ1v) is 6.22. The van der Waals surface area contributed by atoms with Gasteiger partial charge in [-0.2, -0.15) is 0 Å². The Labute approximate surface area is 93.4 Å². The van der Waals surface area contributed by atoms with E-state index in [-0.39, 0.29) is 0 Å². The summed E-state index contributed by atoms with van der Waals surface area (Å²) in [6.45, 7) is 5.51. The summed E-state index contributed by atoms with van der Waals surface area (Å²) < 4.78 is 0. The number of hydrogen-bond donors (Lipinski definition) is 1. The molecule has 2 aliphatic rings. The Morgan fingerprint density at radius 1 is 1.33 bits per heavy atom. The zero-order valence-corrected chi connectivity index (χ0v) is 9.76. The SMILES string of the molecule is C#CC(C)N1CCNCC12CCCCC2. The van der Waals surface area contributed by atoms with Crippen LogP contribution in [0.3, 0.4) is 0 Å². The van der Waals surface area contributed by atoms with E-state index in [0.29, 0.717) is 11.6 Å². The Morgan fingerprint density at radius 2 is 2.07 bits per heavy atom. The van der Waals surface area contributed by atoms with Crippen LogP contribution in [-0.4, -0.2) is 36.1 Å². The Balaban J connectivity index is 2.14. The normalized spacial score (nSPS) is 28.5. The van der Waals surface area contributed by atoms with Crippen molar-refractivity contribution in [1.82, 2.24) is 10.2 Å². The van der Waals surface area contributed by atoms with Crippen LogP contribution in [0.15, 0.2) is 0 Å². The lowest BCUT2D eigenvalue weighted by Gasteiger charge is -2.51. The molecule has 1 spiro atoms. The molecule has 84 valence electrons. The van der Waals surface area contributed by atoms with Gasteiger partial charge in [0.05, 0.1) is 6.04 Å². The lowest BCUT2D eigenvalue weighted by Crippen LogP contribution is -2.64. The highest BCUT2D eigenvalue weighted by Crippen LogP contribution is 2.35. The lowest BCUT2D eigenvalue weighted by molar-refractivity contribution is 0.0142. The standard InChI is InChI=1S/C13H22N2/c1-3-12(2)15-10-9-14-11-13(15)7-5-4-6-8-13/h1,12,14H,4-11H2,2H3. The van der Waals surface area contributed by atoms with Crippen LogP contribution in [0.25, 0.3) is 0 Å². The van der Waals surface area contributed by atoms with Crippen LogP contribution in [-0.2, 0) is 0 Å². The van der Waals surface area contributed by atoms with Gasteiger partial charge < -0.3 is 5.32 Å². The van der Waals surface area contributed by atoms with E-state index in [1.165, 1.54) is 32.1 Å². The van der Waals surface area contributed by atoms with E-state index in [4.69, 9.17) is 6.42 Å². The van der Waals surface area contributed by atoms with E-state index < -0.39 is 0 Å². The topological polar surface area (TPSA) is 15.3 Å². The van der Waals surface area contributed by atoms with Gasteiger partial charge >= 0.3 is 0 Å². The third kappa shape index (κ3) is 2.04. The van der Waals surface area contributed by atoms with Gasteiger partial charge in [-0.05, 0) is 19.8 Å². The van der Waals surface area contributed by atoms with Crippen molar-refractivity contribution in [3.8, 4) is 12.3 Å². The molecule has 1 atom stereocenters. The smallest absolute Gasteiger partial charge is 0.0688 e. The first kappa shape index (κ1) is 11.0. The summed E-state index contributed by atoms with van der Waals surface area (Å²) in [5.74, 6) is 2.90. The second-order valence-electron chi connectivity index (χ2n) is 5.00. The summed E-state index contributed by atoms with van der Waals surface area (Å²) >= 11 is 0. The maximum absolute atomic E-state index is 5.58. The average molecular weight is 206 g/mol. The highest BCUT2D eigenvalue weighted by molar-refractivity contribution is 5.07. The first-order valence-electron chi connectivity index (χ1n) is 6.22. The van der Waals surface area contributed by atoms with Crippen molar-refractivity contribution < 1.29 is 0 Å². The fraction of sp³-hybridized carbons (Fsp3) is 0.846. The Hall–Kier alpha value is -0.520. The van der Waals surface area contributed by atoms with Gasteiger partial charge in [0.2, 0.25) is 0 Å². The Kier molecular flexibility index (Phi) is 3.33. The summed E-state index contributed by atoms with van der Waals surface area (Å²) in [5, 5.41) is 3.54.